The van der Waals surface area contributed by atoms with Gasteiger partial charge in [0.1, 0.15) is 11.7 Å². The lowest BCUT2D eigenvalue weighted by Crippen LogP contribution is -2.43. The Balaban J connectivity index is 0. The van der Waals surface area contributed by atoms with E-state index in [0.29, 0.717) is 12.8 Å². The van der Waals surface area contributed by atoms with Gasteiger partial charge in [-0.15, -0.1) is 0 Å². The normalized spacial score (nSPS) is 14.3. The summed E-state index contributed by atoms with van der Waals surface area (Å²) in [5, 5.41) is 9.27. The molecular weight excluding hydrogens is 328 g/mol. The van der Waals surface area contributed by atoms with Gasteiger partial charge in [0.05, 0.1) is 5.92 Å². The van der Waals surface area contributed by atoms with Crippen LogP contribution in [0.5, 0.6) is 0 Å². The van der Waals surface area contributed by atoms with Crippen molar-refractivity contribution in [3.8, 4) is 0 Å². The summed E-state index contributed by atoms with van der Waals surface area (Å²) in [7, 11) is 0. The minimum Gasteiger partial charge on any atom is -0.481 e. The zero-order chi connectivity index (χ0) is 20.8. The van der Waals surface area contributed by atoms with E-state index in [1.165, 1.54) is 25.7 Å². The predicted molar refractivity (Wildman–Crippen MR) is 110 cm³/mol. The Bertz CT molecular complexity index is 346. The van der Waals surface area contributed by atoms with Gasteiger partial charge >= 0.3 is 5.97 Å². The van der Waals surface area contributed by atoms with Gasteiger partial charge in [0.2, 0.25) is 0 Å². The molecule has 0 saturated heterocycles. The second-order valence-electron chi connectivity index (χ2n) is 8.31. The number of carbonyl (C=O) groups is 1. The number of hydrogen-bond donors (Lipinski definition) is 1. The summed E-state index contributed by atoms with van der Waals surface area (Å²) >= 11 is 0. The molecule has 0 aromatic carbocycles. The minimum atomic E-state index is -0.817. The lowest BCUT2D eigenvalue weighted by Gasteiger charge is -2.40. The topological polar surface area (TPSA) is 55.8 Å². The quantitative estimate of drug-likeness (QED) is 0.214. The van der Waals surface area contributed by atoms with Crippen molar-refractivity contribution in [3.63, 3.8) is 0 Å². The monoisotopic (exact) mass is 374 g/mol. The van der Waals surface area contributed by atoms with Gasteiger partial charge in [0.25, 0.3) is 0 Å². The summed E-state index contributed by atoms with van der Waals surface area (Å²) in [4.78, 5) is 22.5. The van der Waals surface area contributed by atoms with Gasteiger partial charge in [0.15, 0.2) is 0 Å². The highest BCUT2D eigenvalue weighted by atomic mass is 17.2. The summed E-state index contributed by atoms with van der Waals surface area (Å²) in [5.74, 6) is -1.34. The minimum absolute atomic E-state index is 0.0469. The van der Waals surface area contributed by atoms with Crippen LogP contribution in [0, 0.1) is 11.3 Å². The molecule has 0 aliphatic heterocycles. The molecular formula is C22H46O4. The molecule has 0 amide bonds. The van der Waals surface area contributed by atoms with Crippen molar-refractivity contribution in [2.24, 2.45) is 11.3 Å². The molecule has 0 saturated carbocycles. The zero-order valence-electron chi connectivity index (χ0n) is 19.0. The van der Waals surface area contributed by atoms with E-state index in [2.05, 4.69) is 34.6 Å². The number of carboxylic acid groups (broad SMARTS) is 1. The Hall–Kier alpha value is -0.610. The highest BCUT2D eigenvalue weighted by molar-refractivity contribution is 5.70. The highest BCUT2D eigenvalue weighted by Gasteiger charge is 2.39. The first-order valence-corrected chi connectivity index (χ1v) is 10.6. The molecule has 158 valence electrons. The van der Waals surface area contributed by atoms with Crippen LogP contribution >= 0.6 is 0 Å². The van der Waals surface area contributed by atoms with Crippen LogP contribution in [0.1, 0.15) is 114 Å². The summed E-state index contributed by atoms with van der Waals surface area (Å²) in [6.07, 6.45) is 8.20. The van der Waals surface area contributed by atoms with E-state index >= 15 is 0 Å². The van der Waals surface area contributed by atoms with Crippen molar-refractivity contribution >= 4 is 5.97 Å². The second kappa shape index (κ2) is 14.4. The fraction of sp³-hybridized carbons (Fsp3) is 0.955. The van der Waals surface area contributed by atoms with Gasteiger partial charge in [-0.2, -0.15) is 0 Å². The van der Waals surface area contributed by atoms with Crippen LogP contribution in [0.2, 0.25) is 0 Å². The fourth-order valence-corrected chi connectivity index (χ4v) is 2.42. The summed E-state index contributed by atoms with van der Waals surface area (Å²) in [6.45, 7) is 18.7. The predicted octanol–water partition coefficient (Wildman–Crippen LogP) is 7.02. The van der Waals surface area contributed by atoms with Gasteiger partial charge in [-0.25, -0.2) is 9.78 Å². The molecule has 0 radical (unpaired) electrons. The lowest BCUT2D eigenvalue weighted by atomic mass is 9.75. The Kier molecular flexibility index (Phi) is 15.3. The van der Waals surface area contributed by atoms with Gasteiger partial charge < -0.3 is 5.11 Å². The maximum absolute atomic E-state index is 11.3. The second-order valence-corrected chi connectivity index (χ2v) is 8.31. The maximum Gasteiger partial charge on any atom is 0.309 e. The van der Waals surface area contributed by atoms with Gasteiger partial charge in [-0.3, -0.25) is 4.79 Å². The number of aliphatic carboxylic acids is 1. The van der Waals surface area contributed by atoms with Crippen LogP contribution in [0.3, 0.4) is 0 Å². The lowest BCUT2D eigenvalue weighted by molar-refractivity contribution is -0.402. The van der Waals surface area contributed by atoms with Crippen molar-refractivity contribution < 1.29 is 19.7 Å². The van der Waals surface area contributed by atoms with Crippen molar-refractivity contribution in [2.45, 2.75) is 125 Å². The standard InChI is InChI=1S/C16H32O4.C6H14/c1-8-11-13(12(9-2)14(17)18)19-20-16(6,7)15(4,5)10-3;1-3-5-6-4-2/h12-13H,8-11H2,1-7H3,(H,17,18);3-6H2,1-2H3. The fourth-order valence-electron chi connectivity index (χ4n) is 2.42. The maximum atomic E-state index is 11.3. The SMILES string of the molecule is CCCC(OOC(C)(C)C(C)(C)CC)C(CC)C(=O)O.CCCCCC. The molecule has 0 aliphatic rings. The van der Waals surface area contributed by atoms with E-state index in [1.54, 1.807) is 0 Å². The molecule has 4 heteroatoms. The molecule has 0 fully saturated rings. The van der Waals surface area contributed by atoms with Crippen LogP contribution < -0.4 is 0 Å². The molecule has 26 heavy (non-hydrogen) atoms. The van der Waals surface area contributed by atoms with Crippen LogP contribution in [-0.2, 0) is 14.6 Å². The van der Waals surface area contributed by atoms with Gasteiger partial charge in [-0.05, 0) is 38.5 Å². The molecule has 0 rings (SSSR count). The molecule has 0 bridgehead atoms. The Labute approximate surface area is 163 Å². The van der Waals surface area contributed by atoms with E-state index in [1.807, 2.05) is 27.7 Å². The van der Waals surface area contributed by atoms with E-state index in [0.717, 1.165) is 12.8 Å². The Morgan fingerprint density at radius 3 is 1.73 bits per heavy atom. The third-order valence-electron chi connectivity index (χ3n) is 5.63. The molecule has 0 heterocycles. The van der Waals surface area contributed by atoms with E-state index in [9.17, 15) is 9.90 Å². The van der Waals surface area contributed by atoms with Crippen LogP contribution in [-0.4, -0.2) is 22.8 Å². The van der Waals surface area contributed by atoms with E-state index in [4.69, 9.17) is 9.78 Å². The third-order valence-corrected chi connectivity index (χ3v) is 5.63. The number of carboxylic acids is 1. The Morgan fingerprint density at radius 1 is 0.923 bits per heavy atom. The number of hydrogen-bond acceptors (Lipinski definition) is 3. The van der Waals surface area contributed by atoms with Crippen LogP contribution in [0.4, 0.5) is 0 Å². The molecule has 0 aliphatic carbocycles. The first-order chi connectivity index (χ1) is 12.0. The van der Waals surface area contributed by atoms with Crippen LogP contribution in [0.25, 0.3) is 0 Å². The third kappa shape index (κ3) is 10.5. The molecule has 2 unspecified atom stereocenters. The number of unbranched alkanes of at least 4 members (excludes halogenated alkanes) is 3. The number of rotatable bonds is 13. The highest BCUT2D eigenvalue weighted by Crippen LogP contribution is 2.37. The van der Waals surface area contributed by atoms with E-state index in [-0.39, 0.29) is 5.41 Å². The molecule has 0 spiro atoms. The zero-order valence-corrected chi connectivity index (χ0v) is 19.0. The van der Waals surface area contributed by atoms with Gasteiger partial charge in [-0.1, -0.05) is 80.6 Å². The average molecular weight is 375 g/mol. The summed E-state index contributed by atoms with van der Waals surface area (Å²) in [5.41, 5.74) is -0.515. The summed E-state index contributed by atoms with van der Waals surface area (Å²) in [6, 6.07) is 0. The van der Waals surface area contributed by atoms with Crippen LogP contribution in [0.15, 0.2) is 0 Å². The van der Waals surface area contributed by atoms with Crippen molar-refractivity contribution in [3.05, 3.63) is 0 Å². The van der Waals surface area contributed by atoms with Gasteiger partial charge in [0, 0.05) is 0 Å². The Morgan fingerprint density at radius 2 is 1.42 bits per heavy atom. The average Bonchev–Trinajstić information content (AvgIpc) is 2.58. The molecule has 2 atom stereocenters. The first-order valence-electron chi connectivity index (χ1n) is 10.6. The van der Waals surface area contributed by atoms with E-state index < -0.39 is 23.6 Å². The molecule has 0 aromatic heterocycles. The molecule has 1 N–H and O–H groups in total. The molecule has 0 aromatic rings. The first kappa shape index (κ1) is 27.6. The summed E-state index contributed by atoms with van der Waals surface area (Å²) < 4.78 is 0. The van der Waals surface area contributed by atoms with Crippen molar-refractivity contribution in [1.29, 1.82) is 0 Å². The largest absolute Gasteiger partial charge is 0.481 e. The van der Waals surface area contributed by atoms with Crippen molar-refractivity contribution in [2.75, 3.05) is 0 Å². The molecule has 4 nitrogen and oxygen atoms in total. The van der Waals surface area contributed by atoms with Crippen molar-refractivity contribution in [1.82, 2.24) is 0 Å². The smallest absolute Gasteiger partial charge is 0.309 e.